The topological polar surface area (TPSA) is 181 Å². The maximum Gasteiger partial charge on any atom is 0.326 e. The van der Waals surface area contributed by atoms with Crippen LogP contribution in [0.4, 0.5) is 0 Å². The summed E-state index contributed by atoms with van der Waals surface area (Å²) in [7, 11) is 0. The standard InChI is InChI=1S/C27H35N7O5/c1-15(2)23(27(38)39)34-26(37)22(11-17-13-28-14-31-17)33-25(36)21(32-24(35)20-8-5-9-29-20)10-16-12-30-19-7-4-3-6-18(16)19/h3-4,6-7,12-15,20-23,29-30H,5,8-11H2,1-2H3,(H,28,31)(H,32,35)(H,33,36)(H,34,37)(H,38,39). The molecule has 3 heterocycles. The molecule has 0 saturated carbocycles. The van der Waals surface area contributed by atoms with Gasteiger partial charge in [-0.05, 0) is 36.9 Å². The van der Waals surface area contributed by atoms with Crippen molar-refractivity contribution in [3.05, 3.63) is 54.2 Å². The second kappa shape index (κ2) is 12.6. The molecule has 208 valence electrons. The van der Waals surface area contributed by atoms with Gasteiger partial charge >= 0.3 is 5.97 Å². The van der Waals surface area contributed by atoms with Crippen molar-refractivity contribution in [1.82, 2.24) is 36.2 Å². The van der Waals surface area contributed by atoms with Crippen LogP contribution in [0.2, 0.25) is 0 Å². The molecule has 12 nitrogen and oxygen atoms in total. The number of fused-ring (bicyclic) bond motifs is 1. The van der Waals surface area contributed by atoms with Gasteiger partial charge in [0.2, 0.25) is 17.7 Å². The monoisotopic (exact) mass is 537 g/mol. The van der Waals surface area contributed by atoms with Crippen LogP contribution in [-0.2, 0) is 32.0 Å². The second-order valence-corrected chi connectivity index (χ2v) is 10.2. The first-order valence-corrected chi connectivity index (χ1v) is 13.1. The number of nitrogens with zero attached hydrogens (tertiary/aromatic N) is 1. The number of hydrogen-bond acceptors (Lipinski definition) is 6. The number of aromatic nitrogens is 3. The van der Waals surface area contributed by atoms with Gasteiger partial charge in [-0.3, -0.25) is 14.4 Å². The van der Waals surface area contributed by atoms with Crippen molar-refractivity contribution >= 4 is 34.6 Å². The van der Waals surface area contributed by atoms with E-state index in [0.29, 0.717) is 12.1 Å². The SMILES string of the molecule is CC(C)C(NC(=O)C(Cc1cnc[nH]1)NC(=O)C(Cc1c[nH]c2ccccc12)NC(=O)C1CCCN1)C(=O)O. The summed E-state index contributed by atoms with van der Waals surface area (Å²) >= 11 is 0. The molecule has 4 unspecified atom stereocenters. The quantitative estimate of drug-likeness (QED) is 0.177. The minimum absolute atomic E-state index is 0.0555. The molecule has 39 heavy (non-hydrogen) atoms. The second-order valence-electron chi connectivity index (χ2n) is 10.2. The molecule has 3 aromatic rings. The predicted molar refractivity (Wildman–Crippen MR) is 144 cm³/mol. The molecule has 1 aliphatic heterocycles. The van der Waals surface area contributed by atoms with Crippen molar-refractivity contribution in [2.75, 3.05) is 6.54 Å². The molecule has 1 saturated heterocycles. The summed E-state index contributed by atoms with van der Waals surface area (Å²) in [5.74, 6) is -3.02. The van der Waals surface area contributed by atoms with E-state index in [1.54, 1.807) is 20.0 Å². The van der Waals surface area contributed by atoms with Crippen LogP contribution in [0.1, 0.15) is 37.9 Å². The van der Waals surface area contributed by atoms with E-state index in [2.05, 4.69) is 36.2 Å². The molecule has 12 heteroatoms. The van der Waals surface area contributed by atoms with E-state index in [1.807, 2.05) is 24.3 Å². The highest BCUT2D eigenvalue weighted by Crippen LogP contribution is 2.19. The highest BCUT2D eigenvalue weighted by Gasteiger charge is 2.33. The van der Waals surface area contributed by atoms with E-state index in [9.17, 15) is 24.3 Å². The first-order valence-electron chi connectivity index (χ1n) is 13.1. The summed E-state index contributed by atoms with van der Waals surface area (Å²) in [6.07, 6.45) is 6.57. The number of aromatic amines is 2. The lowest BCUT2D eigenvalue weighted by molar-refractivity contribution is -0.143. The molecule has 1 aliphatic rings. The van der Waals surface area contributed by atoms with Crippen LogP contribution >= 0.6 is 0 Å². The van der Waals surface area contributed by atoms with Crippen LogP contribution in [0, 0.1) is 5.92 Å². The van der Waals surface area contributed by atoms with Gasteiger partial charge in [0.25, 0.3) is 0 Å². The van der Waals surface area contributed by atoms with E-state index in [4.69, 9.17) is 0 Å². The van der Waals surface area contributed by atoms with Crippen molar-refractivity contribution in [3.63, 3.8) is 0 Å². The van der Waals surface area contributed by atoms with Gasteiger partial charge in [0, 0.05) is 41.8 Å². The fourth-order valence-corrected chi connectivity index (χ4v) is 4.78. The summed E-state index contributed by atoms with van der Waals surface area (Å²) in [5, 5.41) is 21.8. The third-order valence-corrected chi connectivity index (χ3v) is 6.95. The Labute approximate surface area is 225 Å². The Morgan fingerprint density at radius 1 is 1.03 bits per heavy atom. The number of amides is 3. The molecule has 0 aliphatic carbocycles. The van der Waals surface area contributed by atoms with Gasteiger partial charge in [0.1, 0.15) is 18.1 Å². The first kappa shape index (κ1) is 27.8. The molecule has 7 N–H and O–H groups in total. The number of nitrogens with one attached hydrogen (secondary N) is 6. The van der Waals surface area contributed by atoms with E-state index in [-0.39, 0.29) is 24.7 Å². The predicted octanol–water partition coefficient (Wildman–Crippen LogP) is 0.623. The number of hydrogen-bond donors (Lipinski definition) is 7. The van der Waals surface area contributed by atoms with Crippen LogP contribution in [0.25, 0.3) is 10.9 Å². The van der Waals surface area contributed by atoms with Crippen LogP contribution in [-0.4, -0.2) is 74.5 Å². The number of aliphatic carboxylic acids is 1. The van der Waals surface area contributed by atoms with E-state index >= 15 is 0 Å². The molecular weight excluding hydrogens is 502 g/mol. The smallest absolute Gasteiger partial charge is 0.326 e. The highest BCUT2D eigenvalue weighted by atomic mass is 16.4. The van der Waals surface area contributed by atoms with Crippen LogP contribution in [0.5, 0.6) is 0 Å². The van der Waals surface area contributed by atoms with E-state index < -0.39 is 42.0 Å². The van der Waals surface area contributed by atoms with Gasteiger partial charge < -0.3 is 36.3 Å². The van der Waals surface area contributed by atoms with Gasteiger partial charge in [-0.15, -0.1) is 0 Å². The fraction of sp³-hybridized carbons (Fsp3) is 0.444. The molecule has 3 amide bonds. The molecule has 0 radical (unpaired) electrons. The number of carbonyl (C=O) groups excluding carboxylic acids is 3. The highest BCUT2D eigenvalue weighted by molar-refractivity contribution is 5.95. The summed E-state index contributed by atoms with van der Waals surface area (Å²) in [4.78, 5) is 61.7. The molecule has 1 fully saturated rings. The number of rotatable bonds is 12. The Hall–Kier alpha value is -4.19. The van der Waals surface area contributed by atoms with Crippen molar-refractivity contribution in [2.24, 2.45) is 5.92 Å². The zero-order chi connectivity index (χ0) is 27.9. The maximum atomic E-state index is 13.7. The number of para-hydroxylation sites is 1. The van der Waals surface area contributed by atoms with Crippen molar-refractivity contribution in [3.8, 4) is 0 Å². The Kier molecular flexibility index (Phi) is 8.97. The summed E-state index contributed by atoms with van der Waals surface area (Å²) in [6, 6.07) is 4.05. The summed E-state index contributed by atoms with van der Waals surface area (Å²) in [6.45, 7) is 4.10. The fourth-order valence-electron chi connectivity index (χ4n) is 4.78. The molecule has 4 rings (SSSR count). The van der Waals surface area contributed by atoms with Crippen LogP contribution in [0.3, 0.4) is 0 Å². The average molecular weight is 538 g/mol. The van der Waals surface area contributed by atoms with Crippen LogP contribution in [0.15, 0.2) is 43.0 Å². The normalized spacial score (nSPS) is 17.5. The Bertz CT molecular complexity index is 1300. The summed E-state index contributed by atoms with van der Waals surface area (Å²) < 4.78 is 0. The number of carboxylic acids is 1. The van der Waals surface area contributed by atoms with Crippen molar-refractivity contribution in [2.45, 2.75) is 63.7 Å². The van der Waals surface area contributed by atoms with Crippen molar-refractivity contribution in [1.29, 1.82) is 0 Å². The molecule has 4 atom stereocenters. The maximum absolute atomic E-state index is 13.7. The zero-order valence-electron chi connectivity index (χ0n) is 22.0. The Morgan fingerprint density at radius 2 is 1.77 bits per heavy atom. The van der Waals surface area contributed by atoms with Crippen molar-refractivity contribution < 1.29 is 24.3 Å². The zero-order valence-corrected chi connectivity index (χ0v) is 22.0. The number of imidazole rings is 1. The number of benzene rings is 1. The minimum atomic E-state index is -1.17. The number of carboxylic acid groups (broad SMARTS) is 1. The first-order chi connectivity index (χ1) is 18.7. The van der Waals surface area contributed by atoms with Gasteiger partial charge in [0.15, 0.2) is 0 Å². The molecular formula is C27H35N7O5. The van der Waals surface area contributed by atoms with E-state index in [0.717, 1.165) is 29.4 Å². The lowest BCUT2D eigenvalue weighted by atomic mass is 10.0. The van der Waals surface area contributed by atoms with Crippen LogP contribution < -0.4 is 21.3 Å². The third-order valence-electron chi connectivity index (χ3n) is 6.95. The van der Waals surface area contributed by atoms with Gasteiger partial charge in [-0.1, -0.05) is 32.0 Å². The molecule has 0 spiro atoms. The third kappa shape index (κ3) is 7.02. The lowest BCUT2D eigenvalue weighted by Gasteiger charge is -2.26. The number of H-pyrrole nitrogens is 2. The lowest BCUT2D eigenvalue weighted by Crippen LogP contribution is -2.58. The molecule has 2 aromatic heterocycles. The van der Waals surface area contributed by atoms with Gasteiger partial charge in [-0.25, -0.2) is 9.78 Å². The minimum Gasteiger partial charge on any atom is -0.480 e. The Morgan fingerprint density at radius 3 is 2.44 bits per heavy atom. The molecule has 0 bridgehead atoms. The average Bonchev–Trinajstić information content (AvgIpc) is 3.69. The largest absolute Gasteiger partial charge is 0.480 e. The number of carbonyl (C=O) groups is 4. The van der Waals surface area contributed by atoms with Gasteiger partial charge in [-0.2, -0.15) is 0 Å². The molecule has 1 aromatic carbocycles. The van der Waals surface area contributed by atoms with E-state index in [1.165, 1.54) is 12.5 Å². The Balaban J connectivity index is 1.57. The van der Waals surface area contributed by atoms with Gasteiger partial charge in [0.05, 0.1) is 12.4 Å². The summed E-state index contributed by atoms with van der Waals surface area (Å²) in [5.41, 5.74) is 2.32.